The highest BCUT2D eigenvalue weighted by Crippen LogP contribution is 2.02. The van der Waals surface area contributed by atoms with Gasteiger partial charge in [-0.1, -0.05) is 12.1 Å². The van der Waals surface area contributed by atoms with E-state index < -0.39 is 0 Å². The molecule has 0 unspecified atom stereocenters. The predicted octanol–water partition coefficient (Wildman–Crippen LogP) is 0.836. The van der Waals surface area contributed by atoms with Crippen molar-refractivity contribution in [2.24, 2.45) is 0 Å². The average molecular weight is 213 g/mol. The van der Waals surface area contributed by atoms with Crippen LogP contribution in [0.15, 0.2) is 4.52 Å². The fourth-order valence-corrected chi connectivity index (χ4v) is 1.30. The summed E-state index contributed by atoms with van der Waals surface area (Å²) in [5, 5.41) is 12.5. The first-order chi connectivity index (χ1) is 7.26. The first-order valence-corrected chi connectivity index (χ1v) is 5.37. The lowest BCUT2D eigenvalue weighted by atomic mass is 10.3. The molecule has 0 saturated heterocycles. The van der Waals surface area contributed by atoms with Crippen LogP contribution in [-0.2, 0) is 13.0 Å². The molecule has 0 aromatic carbocycles. The molecule has 1 rings (SSSR count). The maximum atomic E-state index is 8.64. The molecule has 5 nitrogen and oxygen atoms in total. The zero-order chi connectivity index (χ0) is 11.1. The van der Waals surface area contributed by atoms with Crippen LogP contribution < -0.4 is 0 Å². The Balaban J connectivity index is 2.27. The summed E-state index contributed by atoms with van der Waals surface area (Å²) < 4.78 is 5.08. The molecule has 0 bridgehead atoms. The molecule has 0 aliphatic rings. The Morgan fingerprint density at radius 3 is 2.80 bits per heavy atom. The van der Waals surface area contributed by atoms with Gasteiger partial charge in [-0.2, -0.15) is 4.98 Å². The Kier molecular flexibility index (Phi) is 5.28. The molecule has 0 amide bonds. The fraction of sp³-hybridized carbons (Fsp3) is 0.800. The zero-order valence-corrected chi connectivity index (χ0v) is 9.44. The maximum Gasteiger partial charge on any atom is 0.240 e. The minimum absolute atomic E-state index is 0.258. The molecule has 86 valence electrons. The van der Waals surface area contributed by atoms with Crippen molar-refractivity contribution in [1.82, 2.24) is 15.0 Å². The van der Waals surface area contributed by atoms with E-state index >= 15 is 0 Å². The van der Waals surface area contributed by atoms with Crippen molar-refractivity contribution < 1.29 is 9.63 Å². The molecule has 1 aromatic heterocycles. The van der Waals surface area contributed by atoms with E-state index in [2.05, 4.69) is 15.0 Å². The number of unbranched alkanes of at least 4 members (excludes halogenated alkanes) is 1. The molecular formula is C10H19N3O2. The van der Waals surface area contributed by atoms with Crippen molar-refractivity contribution in [3.8, 4) is 0 Å². The summed E-state index contributed by atoms with van der Waals surface area (Å²) >= 11 is 0. The monoisotopic (exact) mass is 213 g/mol. The smallest absolute Gasteiger partial charge is 0.240 e. The first-order valence-electron chi connectivity index (χ1n) is 5.37. The summed E-state index contributed by atoms with van der Waals surface area (Å²) in [5.74, 6) is 1.42. The normalized spacial score (nSPS) is 11.2. The number of aryl methyl sites for hydroxylation is 1. The lowest BCUT2D eigenvalue weighted by Gasteiger charge is -2.12. The van der Waals surface area contributed by atoms with Crippen molar-refractivity contribution in [2.75, 3.05) is 20.2 Å². The molecule has 1 heterocycles. The van der Waals surface area contributed by atoms with Crippen LogP contribution in [0.4, 0.5) is 0 Å². The Hall–Kier alpha value is -0.940. The fourth-order valence-electron chi connectivity index (χ4n) is 1.30. The SMILES string of the molecule is CCc1noc(CN(C)CCCCO)n1. The van der Waals surface area contributed by atoms with Crippen LogP contribution in [0.1, 0.15) is 31.5 Å². The van der Waals surface area contributed by atoms with Crippen molar-refractivity contribution in [2.45, 2.75) is 32.7 Å². The maximum absolute atomic E-state index is 8.64. The highest BCUT2D eigenvalue weighted by Gasteiger charge is 2.07. The topological polar surface area (TPSA) is 62.4 Å². The zero-order valence-electron chi connectivity index (χ0n) is 9.44. The summed E-state index contributed by atoms with van der Waals surface area (Å²) in [7, 11) is 2.01. The van der Waals surface area contributed by atoms with Crippen molar-refractivity contribution in [3.05, 3.63) is 11.7 Å². The number of aliphatic hydroxyl groups excluding tert-OH is 1. The third-order valence-electron chi connectivity index (χ3n) is 2.18. The van der Waals surface area contributed by atoms with Crippen molar-refractivity contribution in [3.63, 3.8) is 0 Å². The molecule has 1 N–H and O–H groups in total. The van der Waals surface area contributed by atoms with Crippen LogP contribution in [0.3, 0.4) is 0 Å². The van der Waals surface area contributed by atoms with E-state index in [0.717, 1.165) is 31.6 Å². The van der Waals surface area contributed by atoms with Gasteiger partial charge in [-0.05, 0) is 26.4 Å². The Bertz CT molecular complexity index is 275. The molecule has 15 heavy (non-hydrogen) atoms. The Labute approximate surface area is 90.1 Å². The summed E-state index contributed by atoms with van der Waals surface area (Å²) in [4.78, 5) is 6.34. The third-order valence-corrected chi connectivity index (χ3v) is 2.18. The van der Waals surface area contributed by atoms with E-state index in [-0.39, 0.29) is 6.61 Å². The van der Waals surface area contributed by atoms with E-state index in [4.69, 9.17) is 9.63 Å². The number of hydrogen-bond donors (Lipinski definition) is 1. The molecule has 0 spiro atoms. The molecule has 0 aliphatic heterocycles. The Morgan fingerprint density at radius 2 is 2.20 bits per heavy atom. The van der Waals surface area contributed by atoms with Gasteiger partial charge >= 0.3 is 0 Å². The highest BCUT2D eigenvalue weighted by molar-refractivity contribution is 4.85. The van der Waals surface area contributed by atoms with Gasteiger partial charge in [-0.3, -0.25) is 4.90 Å². The van der Waals surface area contributed by atoms with Gasteiger partial charge in [0.05, 0.1) is 6.54 Å². The Morgan fingerprint density at radius 1 is 1.40 bits per heavy atom. The van der Waals surface area contributed by atoms with E-state index in [1.54, 1.807) is 0 Å². The largest absolute Gasteiger partial charge is 0.396 e. The van der Waals surface area contributed by atoms with Crippen LogP contribution >= 0.6 is 0 Å². The molecule has 0 aliphatic carbocycles. The lowest BCUT2D eigenvalue weighted by molar-refractivity contribution is 0.242. The number of aliphatic hydroxyl groups is 1. The molecule has 1 aromatic rings. The molecule has 0 radical (unpaired) electrons. The summed E-state index contributed by atoms with van der Waals surface area (Å²) in [6, 6.07) is 0. The van der Waals surface area contributed by atoms with Crippen LogP contribution in [0.2, 0.25) is 0 Å². The third kappa shape index (κ3) is 4.40. The van der Waals surface area contributed by atoms with Gasteiger partial charge in [-0.15, -0.1) is 0 Å². The predicted molar refractivity (Wildman–Crippen MR) is 56.3 cm³/mol. The van der Waals surface area contributed by atoms with Crippen LogP contribution in [-0.4, -0.2) is 40.3 Å². The number of hydrogen-bond acceptors (Lipinski definition) is 5. The standard InChI is InChI=1S/C10H19N3O2/c1-3-9-11-10(15-12-9)8-13(2)6-4-5-7-14/h14H,3-8H2,1-2H3. The second-order valence-electron chi connectivity index (χ2n) is 3.63. The van der Waals surface area contributed by atoms with Gasteiger partial charge in [-0.25, -0.2) is 0 Å². The van der Waals surface area contributed by atoms with E-state index in [1.165, 1.54) is 0 Å². The van der Waals surface area contributed by atoms with Crippen LogP contribution in [0.25, 0.3) is 0 Å². The van der Waals surface area contributed by atoms with Gasteiger partial charge in [0.2, 0.25) is 5.89 Å². The molecule has 0 atom stereocenters. The van der Waals surface area contributed by atoms with Crippen molar-refractivity contribution >= 4 is 0 Å². The molecular weight excluding hydrogens is 194 g/mol. The van der Waals surface area contributed by atoms with Gasteiger partial charge in [0.25, 0.3) is 0 Å². The molecule has 0 saturated carbocycles. The second-order valence-corrected chi connectivity index (χ2v) is 3.63. The number of aromatic nitrogens is 2. The summed E-state index contributed by atoms with van der Waals surface area (Å²) in [5.41, 5.74) is 0. The van der Waals surface area contributed by atoms with E-state index in [1.807, 2.05) is 14.0 Å². The van der Waals surface area contributed by atoms with Gasteiger partial charge < -0.3 is 9.63 Å². The quantitative estimate of drug-likeness (QED) is 0.680. The number of nitrogens with zero attached hydrogens (tertiary/aromatic N) is 3. The van der Waals surface area contributed by atoms with Gasteiger partial charge in [0.1, 0.15) is 0 Å². The number of rotatable bonds is 7. The minimum atomic E-state index is 0.258. The van der Waals surface area contributed by atoms with Crippen molar-refractivity contribution in [1.29, 1.82) is 0 Å². The second kappa shape index (κ2) is 6.53. The summed E-state index contributed by atoms with van der Waals surface area (Å²) in [6.07, 6.45) is 2.63. The molecule has 0 fully saturated rings. The minimum Gasteiger partial charge on any atom is -0.396 e. The van der Waals surface area contributed by atoms with Crippen LogP contribution in [0, 0.1) is 0 Å². The summed E-state index contributed by atoms with van der Waals surface area (Å²) in [6.45, 7) is 3.87. The van der Waals surface area contributed by atoms with E-state index in [9.17, 15) is 0 Å². The van der Waals surface area contributed by atoms with Gasteiger partial charge in [0.15, 0.2) is 5.82 Å². The molecule has 5 heteroatoms. The van der Waals surface area contributed by atoms with Gasteiger partial charge in [0, 0.05) is 13.0 Å². The van der Waals surface area contributed by atoms with E-state index in [0.29, 0.717) is 12.4 Å². The first kappa shape index (κ1) is 12.1. The highest BCUT2D eigenvalue weighted by atomic mass is 16.5. The lowest BCUT2D eigenvalue weighted by Crippen LogP contribution is -2.19. The van der Waals surface area contributed by atoms with Crippen LogP contribution in [0.5, 0.6) is 0 Å². The average Bonchev–Trinajstić information content (AvgIpc) is 2.66.